The molecule has 0 aliphatic heterocycles. The van der Waals surface area contributed by atoms with Crippen molar-refractivity contribution in [3.05, 3.63) is 0 Å². The predicted molar refractivity (Wildman–Crippen MR) is 105 cm³/mol. The maximum Gasteiger partial charge on any atom is 0.500 e. The molecule has 134 valence electrons. The van der Waals surface area contributed by atoms with E-state index in [2.05, 4.69) is 32.5 Å². The van der Waals surface area contributed by atoms with Crippen molar-refractivity contribution in [2.75, 3.05) is 30.9 Å². The summed E-state index contributed by atoms with van der Waals surface area (Å²) in [7, 11) is -3.40. The van der Waals surface area contributed by atoms with E-state index in [1.54, 1.807) is 0 Å². The second kappa shape index (κ2) is 13.0. The van der Waals surface area contributed by atoms with Gasteiger partial charge in [-0.1, -0.05) is 38.9 Å². The summed E-state index contributed by atoms with van der Waals surface area (Å²) in [6.07, 6.45) is 1.14. The smallest absolute Gasteiger partial charge is 0.374 e. The van der Waals surface area contributed by atoms with Crippen LogP contribution in [0.2, 0.25) is 24.2 Å². The first-order valence-corrected chi connectivity index (χ1v) is 15.0. The van der Waals surface area contributed by atoms with Crippen molar-refractivity contribution in [1.29, 1.82) is 0 Å². The molecule has 0 fully saturated rings. The summed E-state index contributed by atoms with van der Waals surface area (Å²) < 4.78 is 17.7. The van der Waals surface area contributed by atoms with Gasteiger partial charge in [0, 0.05) is 25.9 Å². The van der Waals surface area contributed by atoms with Crippen molar-refractivity contribution in [2.45, 2.75) is 72.1 Å². The van der Waals surface area contributed by atoms with Gasteiger partial charge in [0.25, 0.3) is 0 Å². The molecular formula is C16H38O3SSi2. The van der Waals surface area contributed by atoms with Crippen molar-refractivity contribution < 1.29 is 13.3 Å². The summed E-state index contributed by atoms with van der Waals surface area (Å²) in [4.78, 5) is 0. The highest BCUT2D eigenvalue weighted by atomic mass is 32.2. The molecule has 0 atom stereocenters. The van der Waals surface area contributed by atoms with Crippen molar-refractivity contribution in [3.8, 4) is 0 Å². The Balaban J connectivity index is 4.27. The van der Waals surface area contributed by atoms with Crippen molar-refractivity contribution >= 4 is 28.6 Å². The van der Waals surface area contributed by atoms with Crippen LogP contribution in [0.15, 0.2) is 0 Å². The Morgan fingerprint density at radius 1 is 0.727 bits per heavy atom. The molecule has 0 saturated carbocycles. The Bertz CT molecular complexity index is 238. The van der Waals surface area contributed by atoms with Gasteiger partial charge >= 0.3 is 8.80 Å². The van der Waals surface area contributed by atoms with E-state index in [1.807, 2.05) is 20.8 Å². The zero-order chi connectivity index (χ0) is 16.9. The Morgan fingerprint density at radius 2 is 1.18 bits per heavy atom. The van der Waals surface area contributed by atoms with Gasteiger partial charge in [-0.15, -0.1) is 0 Å². The van der Waals surface area contributed by atoms with Gasteiger partial charge in [0.05, 0.1) is 8.07 Å². The molecule has 0 amide bonds. The zero-order valence-electron chi connectivity index (χ0n) is 15.7. The van der Waals surface area contributed by atoms with Gasteiger partial charge in [-0.3, -0.25) is 0 Å². The topological polar surface area (TPSA) is 27.7 Å². The summed E-state index contributed by atoms with van der Waals surface area (Å²) in [5.41, 5.74) is 0. The van der Waals surface area contributed by atoms with E-state index in [4.69, 9.17) is 13.3 Å². The average Bonchev–Trinajstić information content (AvgIpc) is 2.52. The van der Waals surface area contributed by atoms with Crippen LogP contribution in [0, 0.1) is 0 Å². The highest BCUT2D eigenvalue weighted by molar-refractivity contribution is 8.00. The number of hydrogen-bond acceptors (Lipinski definition) is 4. The second-order valence-corrected chi connectivity index (χ2v) is 15.5. The molecule has 0 rings (SSSR count). The van der Waals surface area contributed by atoms with E-state index >= 15 is 0 Å². The number of rotatable bonds is 15. The first-order chi connectivity index (χ1) is 10.6. The molecule has 0 radical (unpaired) electrons. The molecule has 0 aromatic rings. The predicted octanol–water partition coefficient (Wildman–Crippen LogP) is 5.21. The minimum Gasteiger partial charge on any atom is -0.374 e. The van der Waals surface area contributed by atoms with Gasteiger partial charge in [-0.25, -0.2) is 0 Å². The number of thioether (sulfide) groups is 1. The number of hydrogen-bond donors (Lipinski definition) is 0. The molecule has 0 aromatic heterocycles. The lowest BCUT2D eigenvalue weighted by Crippen LogP contribution is -2.46. The van der Waals surface area contributed by atoms with Crippen molar-refractivity contribution in [3.63, 3.8) is 0 Å². The normalized spacial score (nSPS) is 12.8. The highest BCUT2D eigenvalue weighted by Gasteiger charge is 2.39. The molecule has 0 aliphatic carbocycles. The van der Waals surface area contributed by atoms with Crippen LogP contribution in [0.3, 0.4) is 0 Å². The van der Waals surface area contributed by atoms with Gasteiger partial charge in [0.15, 0.2) is 0 Å². The quantitative estimate of drug-likeness (QED) is 0.294. The van der Waals surface area contributed by atoms with E-state index in [9.17, 15) is 0 Å². The fourth-order valence-electron chi connectivity index (χ4n) is 2.74. The monoisotopic (exact) mass is 366 g/mol. The molecule has 3 nitrogen and oxygen atoms in total. The van der Waals surface area contributed by atoms with Crippen molar-refractivity contribution in [1.82, 2.24) is 0 Å². The molecule has 0 heterocycles. The van der Waals surface area contributed by atoms with E-state index in [1.165, 1.54) is 29.3 Å². The molecule has 0 spiro atoms. The molecule has 0 aromatic carbocycles. The van der Waals surface area contributed by atoms with Gasteiger partial charge in [-0.2, -0.15) is 11.8 Å². The summed E-state index contributed by atoms with van der Waals surface area (Å²) in [5, 5.41) is 1.41. The van der Waals surface area contributed by atoms with Crippen molar-refractivity contribution in [2.24, 2.45) is 0 Å². The minimum atomic E-state index is -2.42. The van der Waals surface area contributed by atoms with Crippen LogP contribution in [0.5, 0.6) is 0 Å². The second-order valence-electron chi connectivity index (χ2n) is 5.70. The van der Waals surface area contributed by atoms with E-state index in [0.29, 0.717) is 19.8 Å². The lowest BCUT2D eigenvalue weighted by molar-refractivity contribution is 0.0712. The molecule has 22 heavy (non-hydrogen) atoms. The third kappa shape index (κ3) is 7.97. The van der Waals surface area contributed by atoms with Gasteiger partial charge in [0.2, 0.25) is 0 Å². The third-order valence-electron chi connectivity index (χ3n) is 4.52. The summed E-state index contributed by atoms with van der Waals surface area (Å²) in [5.74, 6) is 1.21. The Kier molecular flexibility index (Phi) is 13.4. The standard InChI is InChI=1S/C16H38O3SSi2/c1-7-17-22(18-8-2,19-9-3)15-13-14-20-16-21(10-4,11-5)12-6/h7-16H2,1-6H3. The van der Waals surface area contributed by atoms with E-state index < -0.39 is 16.9 Å². The lowest BCUT2D eigenvalue weighted by atomic mass is 10.6. The van der Waals surface area contributed by atoms with Crippen LogP contribution < -0.4 is 0 Å². The molecule has 0 bridgehead atoms. The van der Waals surface area contributed by atoms with Gasteiger partial charge < -0.3 is 13.3 Å². The van der Waals surface area contributed by atoms with Gasteiger partial charge in [0.1, 0.15) is 0 Å². The fraction of sp³-hybridized carbons (Fsp3) is 1.00. The van der Waals surface area contributed by atoms with Crippen LogP contribution in [-0.2, 0) is 13.3 Å². The maximum absolute atomic E-state index is 5.92. The molecule has 0 unspecified atom stereocenters. The largest absolute Gasteiger partial charge is 0.500 e. The van der Waals surface area contributed by atoms with Gasteiger partial charge in [-0.05, 0) is 38.3 Å². The Morgan fingerprint density at radius 3 is 1.55 bits per heavy atom. The van der Waals surface area contributed by atoms with Crippen LogP contribution in [-0.4, -0.2) is 47.8 Å². The summed E-state index contributed by atoms with van der Waals surface area (Å²) in [6.45, 7) is 15.3. The Hall–Kier alpha value is 0.664. The van der Waals surface area contributed by atoms with Crippen LogP contribution in [0.4, 0.5) is 0 Å². The third-order valence-corrected chi connectivity index (χ3v) is 16.0. The zero-order valence-corrected chi connectivity index (χ0v) is 18.5. The van der Waals surface area contributed by atoms with Crippen LogP contribution >= 0.6 is 11.8 Å². The average molecular weight is 367 g/mol. The molecule has 6 heteroatoms. The molecular weight excluding hydrogens is 328 g/mol. The maximum atomic E-state index is 5.92. The molecule has 0 saturated heterocycles. The summed E-state index contributed by atoms with van der Waals surface area (Å²) >= 11 is 2.15. The fourth-order valence-corrected chi connectivity index (χ4v) is 12.2. The van der Waals surface area contributed by atoms with E-state index in [0.717, 1.165) is 12.5 Å². The molecule has 0 N–H and O–H groups in total. The summed E-state index contributed by atoms with van der Waals surface area (Å²) in [6, 6.07) is 5.21. The first-order valence-electron chi connectivity index (χ1n) is 9.07. The van der Waals surface area contributed by atoms with Crippen LogP contribution in [0.25, 0.3) is 0 Å². The Labute approximate surface area is 145 Å². The highest BCUT2D eigenvalue weighted by Crippen LogP contribution is 2.26. The van der Waals surface area contributed by atoms with Crippen LogP contribution in [0.1, 0.15) is 48.0 Å². The first kappa shape index (κ1) is 22.7. The SMILES string of the molecule is CCO[Si](CCCSC[Si](CC)(CC)CC)(OCC)OCC. The lowest BCUT2D eigenvalue weighted by Gasteiger charge is -2.29. The molecule has 0 aliphatic rings. The minimum absolute atomic E-state index is 0.677. The van der Waals surface area contributed by atoms with E-state index in [-0.39, 0.29) is 0 Å².